The molecule has 31 heavy (non-hydrogen) atoms. The number of likely N-dealkylation sites (tertiary alicyclic amines) is 1. The number of nitrogens with one attached hydrogen (secondary N) is 1. The maximum absolute atomic E-state index is 13.1. The first-order valence-electron chi connectivity index (χ1n) is 10.1. The molecule has 0 radical (unpaired) electrons. The summed E-state index contributed by atoms with van der Waals surface area (Å²) in [5.74, 6) is -0.649. The topological polar surface area (TPSA) is 80.8 Å². The van der Waals surface area contributed by atoms with Gasteiger partial charge in [0.05, 0.1) is 11.7 Å². The molecule has 10 heteroatoms. The third-order valence-electron chi connectivity index (χ3n) is 5.29. The molecular weight excluding hydrogens is 415 g/mol. The van der Waals surface area contributed by atoms with Crippen molar-refractivity contribution in [2.24, 2.45) is 17.8 Å². The Morgan fingerprint density at radius 2 is 1.77 bits per heavy atom. The fourth-order valence-electron chi connectivity index (χ4n) is 3.83. The zero-order chi connectivity index (χ0) is 23.2. The van der Waals surface area contributed by atoms with E-state index in [4.69, 9.17) is 9.47 Å². The molecule has 2 unspecified atom stereocenters. The number of hydrogen-bond acceptors (Lipinski definition) is 5. The van der Waals surface area contributed by atoms with Crippen LogP contribution in [-0.2, 0) is 15.7 Å². The van der Waals surface area contributed by atoms with Crippen molar-refractivity contribution in [2.75, 3.05) is 19.7 Å². The van der Waals surface area contributed by atoms with Crippen LogP contribution in [0, 0.1) is 17.8 Å². The second-order valence-corrected chi connectivity index (χ2v) is 9.77. The van der Waals surface area contributed by atoms with Gasteiger partial charge in [-0.1, -0.05) is 0 Å². The third kappa shape index (κ3) is 5.59. The lowest BCUT2D eigenvalue weighted by molar-refractivity contribution is -0.139. The summed E-state index contributed by atoms with van der Waals surface area (Å²) in [6.07, 6.45) is -2.88. The Labute approximate surface area is 179 Å². The number of ether oxygens (including phenoxy) is 2. The van der Waals surface area contributed by atoms with E-state index in [1.807, 2.05) is 0 Å². The maximum atomic E-state index is 13.1. The van der Waals surface area contributed by atoms with Crippen LogP contribution in [0.4, 0.5) is 18.0 Å². The molecule has 0 aromatic carbocycles. The first kappa shape index (κ1) is 23.1. The number of amides is 2. The number of piperidine rings is 1. The van der Waals surface area contributed by atoms with Crippen molar-refractivity contribution in [3.8, 4) is 5.75 Å². The lowest BCUT2D eigenvalue weighted by atomic mass is 10.1. The van der Waals surface area contributed by atoms with E-state index in [-0.39, 0.29) is 42.1 Å². The summed E-state index contributed by atoms with van der Waals surface area (Å²) < 4.78 is 50.0. The molecule has 1 saturated heterocycles. The Balaban J connectivity index is 1.51. The number of rotatable bonds is 5. The highest BCUT2D eigenvalue weighted by Crippen LogP contribution is 2.52. The molecule has 1 N–H and O–H groups in total. The number of carbonyl (C=O) groups is 2. The number of halogens is 3. The molecule has 1 aromatic rings. The molecule has 1 aromatic heterocycles. The lowest BCUT2D eigenvalue weighted by Gasteiger charge is -2.28. The fourth-order valence-corrected chi connectivity index (χ4v) is 3.83. The normalized spacial score (nSPS) is 23.2. The van der Waals surface area contributed by atoms with Crippen LogP contribution in [0.15, 0.2) is 18.5 Å². The molecule has 7 nitrogen and oxygen atoms in total. The van der Waals surface area contributed by atoms with Crippen molar-refractivity contribution < 1.29 is 32.2 Å². The third-order valence-corrected chi connectivity index (χ3v) is 5.29. The average Bonchev–Trinajstić information content (AvgIpc) is 3.12. The number of fused-ring (bicyclic) bond motifs is 1. The number of aromatic nitrogens is 1. The Morgan fingerprint density at radius 3 is 2.32 bits per heavy atom. The number of hydrogen-bond donors (Lipinski definition) is 1. The smallest absolute Gasteiger partial charge is 0.420 e. The fraction of sp³-hybridized carbons (Fsp3) is 0.667. The molecule has 1 aliphatic carbocycles. The predicted octanol–water partition coefficient (Wildman–Crippen LogP) is 3.49. The van der Waals surface area contributed by atoms with Crippen LogP contribution in [0.2, 0.25) is 0 Å². The lowest BCUT2D eigenvalue weighted by Crippen LogP contribution is -2.49. The molecule has 2 aliphatic rings. The summed E-state index contributed by atoms with van der Waals surface area (Å²) >= 11 is 0. The maximum Gasteiger partial charge on any atom is 0.420 e. The molecule has 2 atom stereocenters. The van der Waals surface area contributed by atoms with Gasteiger partial charge in [-0.15, -0.1) is 0 Å². The number of pyridine rings is 1. The summed E-state index contributed by atoms with van der Waals surface area (Å²) in [7, 11) is 0. The van der Waals surface area contributed by atoms with E-state index in [9.17, 15) is 22.8 Å². The summed E-state index contributed by atoms with van der Waals surface area (Å²) in [5, 5.41) is 2.86. The molecule has 2 amide bonds. The average molecular weight is 443 g/mol. The van der Waals surface area contributed by atoms with Crippen molar-refractivity contribution in [1.82, 2.24) is 15.2 Å². The van der Waals surface area contributed by atoms with Crippen molar-refractivity contribution in [2.45, 2.75) is 51.9 Å². The van der Waals surface area contributed by atoms with E-state index in [2.05, 4.69) is 10.3 Å². The van der Waals surface area contributed by atoms with Gasteiger partial charge in [0.2, 0.25) is 5.91 Å². The van der Waals surface area contributed by atoms with Gasteiger partial charge in [-0.2, -0.15) is 13.2 Å². The van der Waals surface area contributed by atoms with Gasteiger partial charge in [0.15, 0.2) is 0 Å². The summed E-state index contributed by atoms with van der Waals surface area (Å²) in [5.41, 5.74) is -2.38. The second kappa shape index (κ2) is 7.87. The monoisotopic (exact) mass is 443 g/mol. The van der Waals surface area contributed by atoms with Crippen molar-refractivity contribution >= 4 is 12.0 Å². The molecule has 2 fully saturated rings. The standard InChI is InChI=1S/C21H28F3N3O4/c1-19(2,3)31-18(29)27-9-12-13(10-27)16(12)17(28)26-20(4,5)11-30-15-8-25-7-6-14(15)21(22,23)24/h6-8,12-13,16H,9-11H2,1-5H3,(H,26,28). The minimum atomic E-state index is -4.56. The number of carbonyl (C=O) groups excluding carboxylic acids is 2. The SMILES string of the molecule is CC(C)(COc1cnccc1C(F)(F)F)NC(=O)C1C2CN(C(=O)OC(C)(C)C)CC21. The largest absolute Gasteiger partial charge is 0.489 e. The summed E-state index contributed by atoms with van der Waals surface area (Å²) in [4.78, 5) is 30.1. The van der Waals surface area contributed by atoms with Gasteiger partial charge in [-0.25, -0.2) is 4.79 Å². The zero-order valence-corrected chi connectivity index (χ0v) is 18.2. The quantitative estimate of drug-likeness (QED) is 0.754. The van der Waals surface area contributed by atoms with Crippen molar-refractivity contribution in [3.05, 3.63) is 24.0 Å². The Hall–Kier alpha value is -2.52. The zero-order valence-electron chi connectivity index (χ0n) is 18.2. The van der Waals surface area contributed by atoms with E-state index < -0.39 is 22.9 Å². The molecule has 0 bridgehead atoms. The molecule has 1 saturated carbocycles. The summed E-state index contributed by atoms with van der Waals surface area (Å²) in [6.45, 7) is 9.51. The van der Waals surface area contributed by atoms with Crippen LogP contribution in [-0.4, -0.2) is 52.7 Å². The minimum absolute atomic E-state index is 0.0689. The van der Waals surface area contributed by atoms with E-state index in [0.717, 1.165) is 18.5 Å². The highest BCUT2D eigenvalue weighted by molar-refractivity contribution is 5.84. The molecule has 2 heterocycles. The Kier molecular flexibility index (Phi) is 5.88. The molecule has 0 spiro atoms. The first-order chi connectivity index (χ1) is 14.2. The van der Waals surface area contributed by atoms with Gasteiger partial charge in [0.25, 0.3) is 0 Å². The number of nitrogens with zero attached hydrogens (tertiary/aromatic N) is 2. The van der Waals surface area contributed by atoms with Crippen molar-refractivity contribution in [3.63, 3.8) is 0 Å². The minimum Gasteiger partial charge on any atom is -0.489 e. The van der Waals surface area contributed by atoms with Crippen LogP contribution in [0.3, 0.4) is 0 Å². The van der Waals surface area contributed by atoms with Gasteiger partial charge >= 0.3 is 12.3 Å². The number of alkyl halides is 3. The van der Waals surface area contributed by atoms with Gasteiger partial charge in [0, 0.05) is 25.2 Å². The van der Waals surface area contributed by atoms with Crippen LogP contribution in [0.5, 0.6) is 5.75 Å². The molecule has 1 aliphatic heterocycles. The highest BCUT2D eigenvalue weighted by atomic mass is 19.4. The summed E-state index contributed by atoms with van der Waals surface area (Å²) in [6, 6.07) is 0.850. The van der Waals surface area contributed by atoms with Crippen LogP contribution in [0.1, 0.15) is 40.2 Å². The van der Waals surface area contributed by atoms with Crippen LogP contribution < -0.4 is 10.1 Å². The predicted molar refractivity (Wildman–Crippen MR) is 105 cm³/mol. The van der Waals surface area contributed by atoms with Gasteiger partial charge < -0.3 is 19.7 Å². The van der Waals surface area contributed by atoms with Crippen LogP contribution >= 0.6 is 0 Å². The van der Waals surface area contributed by atoms with E-state index >= 15 is 0 Å². The second-order valence-electron chi connectivity index (χ2n) is 9.77. The van der Waals surface area contributed by atoms with Gasteiger partial charge in [-0.3, -0.25) is 9.78 Å². The van der Waals surface area contributed by atoms with Gasteiger partial charge in [-0.05, 0) is 52.5 Å². The Bertz CT molecular complexity index is 839. The van der Waals surface area contributed by atoms with Gasteiger partial charge in [0.1, 0.15) is 23.5 Å². The first-order valence-corrected chi connectivity index (χ1v) is 10.1. The van der Waals surface area contributed by atoms with Crippen LogP contribution in [0.25, 0.3) is 0 Å². The Morgan fingerprint density at radius 1 is 1.16 bits per heavy atom. The van der Waals surface area contributed by atoms with E-state index in [1.165, 1.54) is 0 Å². The van der Waals surface area contributed by atoms with E-state index in [0.29, 0.717) is 13.1 Å². The van der Waals surface area contributed by atoms with Crippen molar-refractivity contribution in [1.29, 1.82) is 0 Å². The molecule has 3 rings (SSSR count). The van der Waals surface area contributed by atoms with E-state index in [1.54, 1.807) is 39.5 Å². The highest BCUT2D eigenvalue weighted by Gasteiger charge is 2.61. The molecule has 172 valence electrons. The molecular formula is C21H28F3N3O4.